The number of aromatic amines is 1. The molecule has 0 aliphatic heterocycles. The van der Waals surface area contributed by atoms with Crippen molar-refractivity contribution in [1.29, 1.82) is 5.26 Å². The summed E-state index contributed by atoms with van der Waals surface area (Å²) in [6.45, 7) is 0. The molecule has 2 aromatic heterocycles. The summed E-state index contributed by atoms with van der Waals surface area (Å²) in [7, 11) is 0. The van der Waals surface area contributed by atoms with Gasteiger partial charge in [-0.1, -0.05) is 40.2 Å². The minimum Gasteiger partial charge on any atom is -0.339 e. The molecule has 1 N–H and O–H groups in total. The number of aromatic nitrogens is 2. The predicted molar refractivity (Wildman–Crippen MR) is 87.1 cm³/mol. The Labute approximate surface area is 129 Å². The van der Waals surface area contributed by atoms with E-state index in [0.29, 0.717) is 5.56 Å². The molecule has 0 saturated heterocycles. The van der Waals surface area contributed by atoms with Gasteiger partial charge in [0.1, 0.15) is 17.3 Å². The highest BCUT2D eigenvalue weighted by molar-refractivity contribution is 9.10. The lowest BCUT2D eigenvalue weighted by Crippen LogP contribution is -1.80. The van der Waals surface area contributed by atoms with Gasteiger partial charge in [-0.15, -0.1) is 0 Å². The molecule has 0 aliphatic rings. The van der Waals surface area contributed by atoms with Crippen LogP contribution in [0.15, 0.2) is 59.2 Å². The highest BCUT2D eigenvalue weighted by Crippen LogP contribution is 2.31. The van der Waals surface area contributed by atoms with E-state index in [2.05, 4.69) is 27.0 Å². The van der Waals surface area contributed by atoms with Crippen LogP contribution in [0.2, 0.25) is 0 Å². The average molecular weight is 336 g/mol. The van der Waals surface area contributed by atoms with E-state index in [1.807, 2.05) is 59.1 Å². The standard InChI is InChI=1S/C17H10BrN3/c18-12-7-5-11(6-8-12)14-10-21-16-4-2-1-3-15(16)20-17(21)13(14)9-19/h1-8,10,20H. The third kappa shape index (κ3) is 1.78. The largest absolute Gasteiger partial charge is 0.339 e. The zero-order chi connectivity index (χ0) is 14.4. The first-order chi connectivity index (χ1) is 10.3. The molecular weight excluding hydrogens is 326 g/mol. The van der Waals surface area contributed by atoms with Crippen LogP contribution in [0.5, 0.6) is 0 Å². The first-order valence-electron chi connectivity index (χ1n) is 6.56. The van der Waals surface area contributed by atoms with Gasteiger partial charge in [-0.25, -0.2) is 0 Å². The molecular formula is C17H10BrN3. The summed E-state index contributed by atoms with van der Waals surface area (Å²) in [5.74, 6) is 0. The number of H-pyrrole nitrogens is 1. The molecule has 100 valence electrons. The Bertz CT molecular complexity index is 1000. The molecule has 0 radical (unpaired) electrons. The maximum atomic E-state index is 9.55. The molecule has 0 unspecified atom stereocenters. The van der Waals surface area contributed by atoms with Crippen molar-refractivity contribution in [3.8, 4) is 17.2 Å². The fourth-order valence-corrected chi connectivity index (χ4v) is 2.96. The van der Waals surface area contributed by atoms with Crippen molar-refractivity contribution in [2.75, 3.05) is 0 Å². The average Bonchev–Trinajstić information content (AvgIpc) is 3.03. The Morgan fingerprint density at radius 3 is 2.57 bits per heavy atom. The molecule has 0 spiro atoms. The second-order valence-electron chi connectivity index (χ2n) is 4.90. The summed E-state index contributed by atoms with van der Waals surface area (Å²) in [4.78, 5) is 3.33. The van der Waals surface area contributed by atoms with E-state index in [9.17, 15) is 5.26 Å². The summed E-state index contributed by atoms with van der Waals surface area (Å²) in [5.41, 5.74) is 5.61. The van der Waals surface area contributed by atoms with Crippen molar-refractivity contribution in [3.63, 3.8) is 0 Å². The highest BCUT2D eigenvalue weighted by Gasteiger charge is 2.15. The Hall–Kier alpha value is -2.51. The Balaban J connectivity index is 2.06. The quantitative estimate of drug-likeness (QED) is 0.537. The maximum absolute atomic E-state index is 9.55. The van der Waals surface area contributed by atoms with Crippen LogP contribution in [0.3, 0.4) is 0 Å². The molecule has 4 rings (SSSR count). The van der Waals surface area contributed by atoms with Crippen LogP contribution in [0, 0.1) is 11.3 Å². The maximum Gasteiger partial charge on any atom is 0.134 e. The van der Waals surface area contributed by atoms with E-state index in [0.717, 1.165) is 32.3 Å². The first kappa shape index (κ1) is 12.2. The normalized spacial score (nSPS) is 11.0. The van der Waals surface area contributed by atoms with Gasteiger partial charge in [0.15, 0.2) is 0 Å². The molecule has 4 heteroatoms. The SMILES string of the molecule is N#Cc1c(-c2ccc(Br)cc2)cn2c1[nH]c1ccccc12. The van der Waals surface area contributed by atoms with E-state index in [1.54, 1.807) is 0 Å². The molecule has 0 saturated carbocycles. The molecule has 0 aliphatic carbocycles. The fraction of sp³-hybridized carbons (Fsp3) is 0. The minimum atomic E-state index is 0.675. The number of benzene rings is 2. The predicted octanol–water partition coefficient (Wildman–Crippen LogP) is 4.72. The third-order valence-corrected chi connectivity index (χ3v) is 4.22. The van der Waals surface area contributed by atoms with Gasteiger partial charge in [-0.05, 0) is 29.8 Å². The van der Waals surface area contributed by atoms with Gasteiger partial charge < -0.3 is 4.98 Å². The van der Waals surface area contributed by atoms with Crippen LogP contribution in [-0.2, 0) is 0 Å². The topological polar surface area (TPSA) is 44.0 Å². The molecule has 2 heterocycles. The molecule has 4 aromatic rings. The van der Waals surface area contributed by atoms with Crippen LogP contribution in [-0.4, -0.2) is 9.38 Å². The van der Waals surface area contributed by atoms with Crippen molar-refractivity contribution in [2.45, 2.75) is 0 Å². The van der Waals surface area contributed by atoms with Crippen LogP contribution in [0.4, 0.5) is 0 Å². The summed E-state index contributed by atoms with van der Waals surface area (Å²) < 4.78 is 3.07. The van der Waals surface area contributed by atoms with Gasteiger partial charge in [-0.2, -0.15) is 5.26 Å². The van der Waals surface area contributed by atoms with E-state index < -0.39 is 0 Å². The molecule has 0 atom stereocenters. The summed E-state index contributed by atoms with van der Waals surface area (Å²) in [5, 5.41) is 9.55. The number of nitriles is 1. The number of nitrogens with zero attached hydrogens (tertiary/aromatic N) is 2. The molecule has 0 bridgehead atoms. The van der Waals surface area contributed by atoms with Crippen molar-refractivity contribution in [1.82, 2.24) is 9.38 Å². The molecule has 0 fully saturated rings. The van der Waals surface area contributed by atoms with Gasteiger partial charge in [0.05, 0.1) is 11.0 Å². The van der Waals surface area contributed by atoms with E-state index in [4.69, 9.17) is 0 Å². The van der Waals surface area contributed by atoms with Crippen LogP contribution >= 0.6 is 15.9 Å². The monoisotopic (exact) mass is 335 g/mol. The Morgan fingerprint density at radius 2 is 1.81 bits per heavy atom. The van der Waals surface area contributed by atoms with Gasteiger partial charge in [0.25, 0.3) is 0 Å². The first-order valence-corrected chi connectivity index (χ1v) is 7.35. The number of nitrogens with one attached hydrogen (secondary N) is 1. The minimum absolute atomic E-state index is 0.675. The summed E-state index contributed by atoms with van der Waals surface area (Å²) in [6, 6.07) is 18.4. The van der Waals surface area contributed by atoms with Crippen LogP contribution in [0.25, 0.3) is 27.8 Å². The fourth-order valence-electron chi connectivity index (χ4n) is 2.70. The molecule has 21 heavy (non-hydrogen) atoms. The van der Waals surface area contributed by atoms with E-state index in [-0.39, 0.29) is 0 Å². The molecule has 3 nitrogen and oxygen atoms in total. The van der Waals surface area contributed by atoms with E-state index in [1.165, 1.54) is 0 Å². The number of fused-ring (bicyclic) bond motifs is 3. The van der Waals surface area contributed by atoms with Crippen molar-refractivity contribution in [2.24, 2.45) is 0 Å². The smallest absolute Gasteiger partial charge is 0.134 e. The second-order valence-corrected chi connectivity index (χ2v) is 5.81. The lowest BCUT2D eigenvalue weighted by atomic mass is 10.1. The van der Waals surface area contributed by atoms with Crippen LogP contribution in [0.1, 0.15) is 5.56 Å². The highest BCUT2D eigenvalue weighted by atomic mass is 79.9. The van der Waals surface area contributed by atoms with Gasteiger partial charge in [0, 0.05) is 16.2 Å². The number of rotatable bonds is 1. The summed E-state index contributed by atoms with van der Waals surface area (Å²) >= 11 is 3.44. The number of hydrogen-bond acceptors (Lipinski definition) is 1. The molecule has 2 aromatic carbocycles. The van der Waals surface area contributed by atoms with Crippen molar-refractivity contribution < 1.29 is 0 Å². The molecule has 0 amide bonds. The van der Waals surface area contributed by atoms with Gasteiger partial charge >= 0.3 is 0 Å². The van der Waals surface area contributed by atoms with Crippen LogP contribution < -0.4 is 0 Å². The lowest BCUT2D eigenvalue weighted by molar-refractivity contribution is 1.27. The van der Waals surface area contributed by atoms with Crippen molar-refractivity contribution in [3.05, 3.63) is 64.8 Å². The third-order valence-electron chi connectivity index (χ3n) is 3.69. The number of imidazole rings is 1. The summed E-state index contributed by atoms with van der Waals surface area (Å²) in [6.07, 6.45) is 2.02. The van der Waals surface area contributed by atoms with Crippen molar-refractivity contribution >= 4 is 32.6 Å². The van der Waals surface area contributed by atoms with Gasteiger partial charge in [-0.3, -0.25) is 4.40 Å². The zero-order valence-corrected chi connectivity index (χ0v) is 12.6. The van der Waals surface area contributed by atoms with E-state index >= 15 is 0 Å². The Morgan fingerprint density at radius 1 is 1.05 bits per heavy atom. The lowest BCUT2D eigenvalue weighted by Gasteiger charge is -1.99. The number of halogens is 1. The Kier molecular flexibility index (Phi) is 2.63. The second kappa shape index (κ2) is 4.51. The number of para-hydroxylation sites is 2. The van der Waals surface area contributed by atoms with Gasteiger partial charge in [0.2, 0.25) is 0 Å². The zero-order valence-electron chi connectivity index (χ0n) is 11.0. The number of hydrogen-bond donors (Lipinski definition) is 1.